The van der Waals surface area contributed by atoms with Crippen LogP contribution in [-0.4, -0.2) is 64.7 Å². The van der Waals surface area contributed by atoms with Gasteiger partial charge in [-0.2, -0.15) is 5.10 Å². The Morgan fingerprint density at radius 3 is 2.60 bits per heavy atom. The number of aromatic nitrogens is 3. The molecule has 1 aliphatic rings. The number of amides is 1. The summed E-state index contributed by atoms with van der Waals surface area (Å²) in [6.45, 7) is 3.40. The highest BCUT2D eigenvalue weighted by Gasteiger charge is 2.30. The Labute approximate surface area is 133 Å². The summed E-state index contributed by atoms with van der Waals surface area (Å²) in [5.74, 6) is 0.888. The Morgan fingerprint density at radius 1 is 1.20 bits per heavy atom. The minimum absolute atomic E-state index is 0.0436. The van der Waals surface area contributed by atoms with Gasteiger partial charge in [0.25, 0.3) is 5.91 Å². The summed E-state index contributed by atoms with van der Waals surface area (Å²) >= 11 is 5.20. The van der Waals surface area contributed by atoms with Crippen LogP contribution in [-0.2, 0) is 6.54 Å². The number of rotatable bonds is 1. The fourth-order valence-electron chi connectivity index (χ4n) is 2.48. The van der Waals surface area contributed by atoms with Crippen molar-refractivity contribution in [1.82, 2.24) is 19.7 Å². The van der Waals surface area contributed by atoms with Crippen molar-refractivity contribution in [3.63, 3.8) is 0 Å². The van der Waals surface area contributed by atoms with Gasteiger partial charge >= 0.3 is 0 Å². The van der Waals surface area contributed by atoms with Gasteiger partial charge in [-0.25, -0.2) is 0 Å². The topological polar surface area (TPSA) is 51.0 Å². The molecule has 1 atom stereocenters. The first kappa shape index (κ1) is 13.9. The van der Waals surface area contributed by atoms with Crippen molar-refractivity contribution in [2.24, 2.45) is 0 Å². The molecule has 3 rings (SSSR count). The van der Waals surface area contributed by atoms with Crippen molar-refractivity contribution >= 4 is 47.6 Å². The number of fused-ring (bicyclic) bond motifs is 1. The number of carbonyl (C=O) groups excluding carboxylic acids is 1. The third-order valence-electron chi connectivity index (χ3n) is 3.63. The van der Waals surface area contributed by atoms with Crippen LogP contribution in [0.15, 0.2) is 24.3 Å². The molecular formula is C13H12Al2N4O. The van der Waals surface area contributed by atoms with Crippen LogP contribution in [0.5, 0.6) is 0 Å². The predicted octanol–water partition coefficient (Wildman–Crippen LogP) is -0.917. The zero-order chi connectivity index (χ0) is 14.3. The molecule has 1 aromatic heterocycles. The number of nitrogens with zero attached hydrogens (tertiary/aromatic N) is 4. The quantitative estimate of drug-likeness (QED) is 0.639. The van der Waals surface area contributed by atoms with Crippen molar-refractivity contribution in [3.05, 3.63) is 35.7 Å². The SMILES string of the molecule is CC1c2nn[c]([Al])n2CCN1C(=O)c1cc[c]([Al])cc1. The lowest BCUT2D eigenvalue weighted by atomic mass is 10.1. The fourth-order valence-corrected chi connectivity index (χ4v) is 2.99. The van der Waals surface area contributed by atoms with Gasteiger partial charge in [-0.1, -0.05) is 24.3 Å². The zero-order valence-electron chi connectivity index (χ0n) is 11.2. The Bertz CT molecular complexity index is 653. The van der Waals surface area contributed by atoms with Crippen LogP contribution in [0.1, 0.15) is 29.1 Å². The van der Waals surface area contributed by atoms with Gasteiger partial charge in [0.1, 0.15) is 0 Å². The van der Waals surface area contributed by atoms with Gasteiger partial charge in [0.15, 0.2) is 22.1 Å². The van der Waals surface area contributed by atoms with Crippen molar-refractivity contribution in [2.75, 3.05) is 6.54 Å². The summed E-state index contributed by atoms with van der Waals surface area (Å²) < 4.78 is 3.94. The second kappa shape index (κ2) is 5.35. The van der Waals surface area contributed by atoms with Crippen LogP contribution in [0.3, 0.4) is 0 Å². The van der Waals surface area contributed by atoms with E-state index in [0.717, 1.165) is 21.5 Å². The molecule has 2 aromatic rings. The highest BCUT2D eigenvalue weighted by Crippen LogP contribution is 2.23. The highest BCUT2D eigenvalue weighted by atomic mass is 27.1. The lowest BCUT2D eigenvalue weighted by molar-refractivity contribution is 0.0639. The van der Waals surface area contributed by atoms with Crippen molar-refractivity contribution < 1.29 is 4.79 Å². The zero-order valence-corrected chi connectivity index (χ0v) is 13.5. The molecule has 1 amide bonds. The molecule has 0 fully saturated rings. The van der Waals surface area contributed by atoms with E-state index in [1.54, 1.807) is 0 Å². The summed E-state index contributed by atoms with van der Waals surface area (Å²) in [5, 5.41) is 8.23. The number of benzene rings is 1. The molecule has 20 heavy (non-hydrogen) atoms. The van der Waals surface area contributed by atoms with E-state index in [1.807, 2.05) is 40.7 Å². The van der Waals surface area contributed by atoms with Gasteiger partial charge in [-0.05, 0) is 6.92 Å². The standard InChI is InChI=1S/C13H12N4O.2Al/c1-10-12-15-14-9-16(12)7-8-17(10)13(18)11-5-3-2-4-6-11;;/h3-6,10H,7-8H2,1H3;;. The molecular weight excluding hydrogens is 282 g/mol. The minimum atomic E-state index is -0.0614. The molecule has 1 aliphatic heterocycles. The number of carbonyl (C=O) groups is 1. The molecule has 2 heterocycles. The maximum absolute atomic E-state index is 12.6. The first-order chi connectivity index (χ1) is 9.58. The van der Waals surface area contributed by atoms with Crippen LogP contribution in [0.25, 0.3) is 0 Å². The monoisotopic (exact) mass is 294 g/mol. The van der Waals surface area contributed by atoms with Crippen LogP contribution in [0, 0.1) is 0 Å². The van der Waals surface area contributed by atoms with Crippen LogP contribution in [0.2, 0.25) is 0 Å². The van der Waals surface area contributed by atoms with E-state index >= 15 is 0 Å². The third kappa shape index (κ3) is 2.32. The summed E-state index contributed by atoms with van der Waals surface area (Å²) in [6.07, 6.45) is 0. The van der Waals surface area contributed by atoms with E-state index in [2.05, 4.69) is 42.8 Å². The molecule has 5 nitrogen and oxygen atoms in total. The fraction of sp³-hybridized carbons (Fsp3) is 0.308. The second-order valence-corrected chi connectivity index (χ2v) is 6.05. The Hall–Kier alpha value is -1.11. The molecule has 7 heteroatoms. The van der Waals surface area contributed by atoms with Gasteiger partial charge in [0.2, 0.25) is 16.3 Å². The second-order valence-electron chi connectivity index (χ2n) is 4.86. The van der Waals surface area contributed by atoms with Gasteiger partial charge in [-0.3, -0.25) is 4.79 Å². The predicted molar refractivity (Wildman–Crippen MR) is 76.7 cm³/mol. The molecule has 0 bridgehead atoms. The normalized spacial score (nSPS) is 17.9. The number of hydrogen-bond acceptors (Lipinski definition) is 3. The van der Waals surface area contributed by atoms with E-state index in [9.17, 15) is 4.79 Å². The van der Waals surface area contributed by atoms with Crippen molar-refractivity contribution in [2.45, 2.75) is 19.5 Å². The van der Waals surface area contributed by atoms with Gasteiger partial charge in [-0.15, -0.1) is 9.52 Å². The summed E-state index contributed by atoms with van der Waals surface area (Å²) in [6, 6.07) is 7.51. The summed E-state index contributed by atoms with van der Waals surface area (Å²) in [4.78, 5) is 14.4. The first-order valence-corrected chi connectivity index (χ1v) is 7.58. The lowest BCUT2D eigenvalue weighted by Gasteiger charge is -2.34. The van der Waals surface area contributed by atoms with Gasteiger partial charge in [0, 0.05) is 23.3 Å². The first-order valence-electron chi connectivity index (χ1n) is 6.43. The Balaban J connectivity index is 1.88. The molecule has 0 saturated heterocycles. The number of hydrogen-bond donors (Lipinski definition) is 0. The van der Waals surface area contributed by atoms with Crippen LogP contribution < -0.4 is 9.11 Å². The molecule has 1 aromatic carbocycles. The smallest absolute Gasteiger partial charge is 0.254 e. The van der Waals surface area contributed by atoms with Gasteiger partial charge < -0.3 is 9.47 Å². The average Bonchev–Trinajstić information content (AvgIpc) is 2.82. The molecule has 0 aliphatic carbocycles. The summed E-state index contributed by atoms with van der Waals surface area (Å²) in [7, 11) is 0. The third-order valence-corrected chi connectivity index (χ3v) is 4.44. The molecule has 4 radical (unpaired) electrons. The minimum Gasteiger partial charge on any atom is -0.329 e. The van der Waals surface area contributed by atoms with E-state index < -0.39 is 0 Å². The van der Waals surface area contributed by atoms with Gasteiger partial charge in [0.05, 0.1) is 6.04 Å². The van der Waals surface area contributed by atoms with E-state index in [-0.39, 0.29) is 11.9 Å². The maximum atomic E-state index is 12.6. The molecule has 1 unspecified atom stereocenters. The van der Waals surface area contributed by atoms with E-state index in [1.165, 1.54) is 0 Å². The van der Waals surface area contributed by atoms with Crippen molar-refractivity contribution in [3.8, 4) is 0 Å². The Kier molecular flexibility index (Phi) is 3.71. The molecule has 0 N–H and O–H groups in total. The van der Waals surface area contributed by atoms with E-state index in [4.69, 9.17) is 0 Å². The summed E-state index contributed by atoms with van der Waals surface area (Å²) in [5.41, 5.74) is 0.710. The van der Waals surface area contributed by atoms with Crippen LogP contribution >= 0.6 is 0 Å². The van der Waals surface area contributed by atoms with E-state index in [0.29, 0.717) is 12.1 Å². The molecule has 0 saturated carbocycles. The Morgan fingerprint density at radius 2 is 1.90 bits per heavy atom. The van der Waals surface area contributed by atoms with Crippen LogP contribution in [0.4, 0.5) is 0 Å². The highest BCUT2D eigenvalue weighted by molar-refractivity contribution is 6.32. The molecule has 96 valence electrons. The largest absolute Gasteiger partial charge is 0.329 e. The average molecular weight is 294 g/mol. The van der Waals surface area contributed by atoms with Crippen molar-refractivity contribution in [1.29, 1.82) is 0 Å². The lowest BCUT2D eigenvalue weighted by Crippen LogP contribution is -2.43. The maximum Gasteiger partial charge on any atom is 0.254 e. The molecule has 0 spiro atoms.